The lowest BCUT2D eigenvalue weighted by atomic mass is 9.85. The van der Waals surface area contributed by atoms with Crippen LogP contribution in [0.1, 0.15) is 57.6 Å². The van der Waals surface area contributed by atoms with Crippen molar-refractivity contribution in [3.63, 3.8) is 0 Å². The minimum Gasteiger partial charge on any atom is -0.357 e. The van der Waals surface area contributed by atoms with E-state index in [1.165, 1.54) is 11.1 Å². The molecule has 3 N–H and O–H groups in total. The summed E-state index contributed by atoms with van der Waals surface area (Å²) in [5.74, 6) is 1.13. The fraction of sp³-hybridized carbons (Fsp3) is 0.667. The molecule has 1 amide bonds. The van der Waals surface area contributed by atoms with Crippen molar-refractivity contribution in [2.45, 2.75) is 71.9 Å². The van der Waals surface area contributed by atoms with E-state index in [1.54, 1.807) is 0 Å². The largest absolute Gasteiger partial charge is 0.357 e. The monoisotopic (exact) mass is 501 g/mol. The van der Waals surface area contributed by atoms with Crippen molar-refractivity contribution in [1.29, 1.82) is 0 Å². The highest BCUT2D eigenvalue weighted by Crippen LogP contribution is 2.24. The molecule has 1 aliphatic rings. The van der Waals surface area contributed by atoms with Crippen molar-refractivity contribution in [3.05, 3.63) is 29.6 Å². The summed E-state index contributed by atoms with van der Waals surface area (Å²) >= 11 is 0. The Morgan fingerprint density at radius 3 is 2.82 bits per heavy atom. The summed E-state index contributed by atoms with van der Waals surface area (Å²) in [6.07, 6.45) is 8.63. The SMILES string of the molecule is CCNC(=NCCc1ccncc1C)NC1CCCC(C(=O)NC(C)C)C1.I. The number of pyridine rings is 1. The molecule has 7 heteroatoms. The van der Waals surface area contributed by atoms with E-state index in [0.29, 0.717) is 6.04 Å². The van der Waals surface area contributed by atoms with Crippen LogP contribution in [0.15, 0.2) is 23.5 Å². The highest BCUT2D eigenvalue weighted by atomic mass is 127. The number of aromatic nitrogens is 1. The van der Waals surface area contributed by atoms with Crippen molar-refractivity contribution in [2.75, 3.05) is 13.1 Å². The van der Waals surface area contributed by atoms with Crippen LogP contribution >= 0.6 is 24.0 Å². The van der Waals surface area contributed by atoms with Crippen molar-refractivity contribution in [2.24, 2.45) is 10.9 Å². The maximum atomic E-state index is 12.3. The molecule has 0 bridgehead atoms. The fourth-order valence-electron chi connectivity index (χ4n) is 3.55. The van der Waals surface area contributed by atoms with E-state index in [1.807, 2.05) is 26.2 Å². The molecule has 0 saturated heterocycles. The number of aliphatic imine (C=N–C) groups is 1. The molecular formula is C21H36IN5O. The molecule has 1 heterocycles. The Hall–Kier alpha value is -1.38. The number of nitrogens with one attached hydrogen (secondary N) is 3. The summed E-state index contributed by atoms with van der Waals surface area (Å²) in [6, 6.07) is 2.55. The number of hydrogen-bond acceptors (Lipinski definition) is 3. The average molecular weight is 501 g/mol. The first-order valence-corrected chi connectivity index (χ1v) is 10.2. The van der Waals surface area contributed by atoms with Gasteiger partial charge >= 0.3 is 0 Å². The van der Waals surface area contributed by atoms with Crippen LogP contribution in [-0.2, 0) is 11.2 Å². The lowest BCUT2D eigenvalue weighted by molar-refractivity contribution is -0.126. The lowest BCUT2D eigenvalue weighted by Crippen LogP contribution is -2.47. The third-order valence-corrected chi connectivity index (χ3v) is 4.95. The Morgan fingerprint density at radius 1 is 1.36 bits per heavy atom. The van der Waals surface area contributed by atoms with Crippen LogP contribution in [0.2, 0.25) is 0 Å². The van der Waals surface area contributed by atoms with Gasteiger partial charge < -0.3 is 16.0 Å². The van der Waals surface area contributed by atoms with Crippen molar-refractivity contribution in [1.82, 2.24) is 20.9 Å². The highest BCUT2D eigenvalue weighted by molar-refractivity contribution is 14.0. The van der Waals surface area contributed by atoms with Gasteiger partial charge in [-0.15, -0.1) is 24.0 Å². The Morgan fingerprint density at radius 2 is 2.14 bits per heavy atom. The number of amides is 1. The molecule has 0 aromatic carbocycles. The molecule has 1 aromatic heterocycles. The predicted octanol–water partition coefficient (Wildman–Crippen LogP) is 3.19. The zero-order chi connectivity index (χ0) is 19.6. The first-order chi connectivity index (χ1) is 13.0. The third kappa shape index (κ3) is 8.32. The molecule has 2 rings (SSSR count). The molecule has 1 aromatic rings. The van der Waals surface area contributed by atoms with Gasteiger partial charge in [0.2, 0.25) is 5.91 Å². The zero-order valence-corrected chi connectivity index (χ0v) is 20.0. The van der Waals surface area contributed by atoms with Crippen molar-refractivity contribution in [3.8, 4) is 0 Å². The maximum absolute atomic E-state index is 12.3. The number of guanidine groups is 1. The van der Waals surface area contributed by atoms with E-state index in [2.05, 4.69) is 40.8 Å². The molecule has 2 atom stereocenters. The Bertz CT molecular complexity index is 635. The summed E-state index contributed by atoms with van der Waals surface area (Å²) < 4.78 is 0. The van der Waals surface area contributed by atoms with Crippen LogP contribution in [0, 0.1) is 12.8 Å². The van der Waals surface area contributed by atoms with Gasteiger partial charge in [0, 0.05) is 43.5 Å². The molecule has 28 heavy (non-hydrogen) atoms. The minimum absolute atomic E-state index is 0. The predicted molar refractivity (Wildman–Crippen MR) is 126 cm³/mol. The van der Waals surface area contributed by atoms with Crippen LogP contribution < -0.4 is 16.0 Å². The normalized spacial score (nSPS) is 19.7. The Balaban J connectivity index is 0.00000392. The van der Waals surface area contributed by atoms with Gasteiger partial charge in [0.25, 0.3) is 0 Å². The number of nitrogens with zero attached hydrogens (tertiary/aromatic N) is 2. The Labute approximate surface area is 186 Å². The van der Waals surface area contributed by atoms with Gasteiger partial charge in [-0.25, -0.2) is 0 Å². The number of carbonyl (C=O) groups is 1. The van der Waals surface area contributed by atoms with Crippen LogP contribution in [0.25, 0.3) is 0 Å². The molecule has 0 spiro atoms. The lowest BCUT2D eigenvalue weighted by Gasteiger charge is -2.30. The maximum Gasteiger partial charge on any atom is 0.223 e. The molecular weight excluding hydrogens is 465 g/mol. The van der Waals surface area contributed by atoms with Gasteiger partial charge in [0.05, 0.1) is 0 Å². The molecule has 0 radical (unpaired) electrons. The van der Waals surface area contributed by atoms with Crippen LogP contribution in [0.5, 0.6) is 0 Å². The second-order valence-electron chi connectivity index (χ2n) is 7.68. The van der Waals surface area contributed by atoms with Crippen LogP contribution in [-0.4, -0.2) is 42.0 Å². The molecule has 2 unspecified atom stereocenters. The second kappa shape index (κ2) is 13.0. The summed E-state index contributed by atoms with van der Waals surface area (Å²) in [7, 11) is 0. The topological polar surface area (TPSA) is 78.4 Å². The molecule has 6 nitrogen and oxygen atoms in total. The number of aryl methyl sites for hydroxylation is 1. The summed E-state index contributed by atoms with van der Waals surface area (Å²) in [5, 5.41) is 9.93. The number of hydrogen-bond donors (Lipinski definition) is 3. The van der Waals surface area contributed by atoms with Gasteiger partial charge in [0.15, 0.2) is 5.96 Å². The Kier molecular flexibility index (Phi) is 11.4. The fourth-order valence-corrected chi connectivity index (χ4v) is 3.55. The van der Waals surface area contributed by atoms with Gasteiger partial charge in [-0.1, -0.05) is 6.42 Å². The van der Waals surface area contributed by atoms with Crippen molar-refractivity contribution < 1.29 is 4.79 Å². The van der Waals surface area contributed by atoms with E-state index in [-0.39, 0.29) is 41.8 Å². The summed E-state index contributed by atoms with van der Waals surface area (Å²) in [4.78, 5) is 21.2. The van der Waals surface area contributed by atoms with Gasteiger partial charge in [-0.3, -0.25) is 14.8 Å². The molecule has 0 aliphatic heterocycles. The molecule has 1 saturated carbocycles. The van der Waals surface area contributed by atoms with Gasteiger partial charge in [0.1, 0.15) is 0 Å². The van der Waals surface area contributed by atoms with Crippen LogP contribution in [0.4, 0.5) is 0 Å². The zero-order valence-electron chi connectivity index (χ0n) is 17.6. The van der Waals surface area contributed by atoms with E-state index < -0.39 is 0 Å². The first kappa shape index (κ1) is 24.7. The quantitative estimate of drug-likeness (QED) is 0.305. The first-order valence-electron chi connectivity index (χ1n) is 10.2. The van der Waals surface area contributed by atoms with E-state index in [9.17, 15) is 4.79 Å². The standard InChI is InChI=1S/C21H35N5O.HI/c1-5-23-21(24-12-10-17-9-11-22-14-16(17)4)26-19-8-6-7-18(13-19)20(27)25-15(2)3;/h9,11,14-15,18-19H,5-8,10,12-13H2,1-4H3,(H,25,27)(H2,23,24,26);1H. The number of halogens is 1. The van der Waals surface area contributed by atoms with E-state index in [4.69, 9.17) is 4.99 Å². The summed E-state index contributed by atoms with van der Waals surface area (Å²) in [5.41, 5.74) is 2.49. The smallest absolute Gasteiger partial charge is 0.223 e. The minimum atomic E-state index is 0. The van der Waals surface area contributed by atoms with Crippen LogP contribution in [0.3, 0.4) is 0 Å². The van der Waals surface area contributed by atoms with Gasteiger partial charge in [-0.2, -0.15) is 0 Å². The highest BCUT2D eigenvalue weighted by Gasteiger charge is 2.27. The van der Waals surface area contributed by atoms with Crippen molar-refractivity contribution >= 4 is 35.8 Å². The molecule has 1 aliphatic carbocycles. The van der Waals surface area contributed by atoms with E-state index >= 15 is 0 Å². The molecule has 158 valence electrons. The second-order valence-corrected chi connectivity index (χ2v) is 7.68. The summed E-state index contributed by atoms with van der Waals surface area (Å²) in [6.45, 7) is 9.73. The molecule has 1 fully saturated rings. The van der Waals surface area contributed by atoms with Gasteiger partial charge in [-0.05, 0) is 70.6 Å². The average Bonchev–Trinajstić information content (AvgIpc) is 2.63. The number of rotatable bonds is 7. The third-order valence-electron chi connectivity index (χ3n) is 4.95. The number of carbonyl (C=O) groups excluding carboxylic acids is 1. The van der Waals surface area contributed by atoms with E-state index in [0.717, 1.165) is 51.2 Å².